The first-order valence-corrected chi connectivity index (χ1v) is 14.3. The van der Waals surface area contributed by atoms with Gasteiger partial charge in [-0.1, -0.05) is 56.1 Å². The molecule has 2 aromatic carbocycles. The molecular formula is C28H35N2O6P. The summed E-state index contributed by atoms with van der Waals surface area (Å²) >= 11 is 0. The number of hydrogen-bond acceptors (Lipinski definition) is 7. The Morgan fingerprint density at radius 1 is 1.05 bits per heavy atom. The van der Waals surface area contributed by atoms with E-state index in [1.165, 1.54) is 12.2 Å². The van der Waals surface area contributed by atoms with Gasteiger partial charge in [-0.25, -0.2) is 0 Å². The number of oxime groups is 1. The van der Waals surface area contributed by atoms with Gasteiger partial charge in [-0.2, -0.15) is 0 Å². The van der Waals surface area contributed by atoms with E-state index in [9.17, 15) is 19.9 Å². The zero-order valence-electron chi connectivity index (χ0n) is 21.5. The molecule has 8 nitrogen and oxygen atoms in total. The van der Waals surface area contributed by atoms with Gasteiger partial charge < -0.3 is 14.3 Å². The van der Waals surface area contributed by atoms with E-state index in [0.717, 1.165) is 47.9 Å². The van der Waals surface area contributed by atoms with Crippen molar-refractivity contribution >= 4 is 19.0 Å². The van der Waals surface area contributed by atoms with Gasteiger partial charge >= 0.3 is 7.60 Å². The molecule has 0 saturated heterocycles. The molecule has 0 saturated carbocycles. The van der Waals surface area contributed by atoms with Crippen LogP contribution in [0.4, 0.5) is 5.69 Å². The minimum absolute atomic E-state index is 0.0205. The van der Waals surface area contributed by atoms with E-state index in [1.807, 2.05) is 24.3 Å². The molecule has 0 amide bonds. The average molecular weight is 527 g/mol. The lowest BCUT2D eigenvalue weighted by atomic mass is 9.71. The third-order valence-corrected chi connectivity index (χ3v) is 8.62. The average Bonchev–Trinajstić information content (AvgIpc) is 3.15. The van der Waals surface area contributed by atoms with Crippen LogP contribution >= 0.6 is 7.60 Å². The Labute approximate surface area is 218 Å². The molecule has 1 N–H and O–H groups in total. The van der Waals surface area contributed by atoms with E-state index < -0.39 is 7.60 Å². The molecule has 198 valence electrons. The van der Waals surface area contributed by atoms with E-state index in [2.05, 4.69) is 32.2 Å². The minimum atomic E-state index is -3.46. The number of nitro groups is 1. The van der Waals surface area contributed by atoms with Gasteiger partial charge in [0.2, 0.25) is 0 Å². The van der Waals surface area contributed by atoms with Crippen LogP contribution in [0, 0.1) is 10.1 Å². The molecule has 0 heterocycles. The second kappa shape index (κ2) is 12.5. The van der Waals surface area contributed by atoms with Crippen LogP contribution in [-0.2, 0) is 19.0 Å². The highest BCUT2D eigenvalue weighted by Crippen LogP contribution is 2.55. The molecule has 0 atom stereocenters. The summed E-state index contributed by atoms with van der Waals surface area (Å²) in [5.74, 6) is 0. The first kappa shape index (κ1) is 28.5. The van der Waals surface area contributed by atoms with Crippen molar-refractivity contribution in [1.29, 1.82) is 0 Å². The maximum absolute atomic E-state index is 13.1. The molecule has 37 heavy (non-hydrogen) atoms. The van der Waals surface area contributed by atoms with Crippen LogP contribution in [0.25, 0.3) is 11.1 Å². The minimum Gasteiger partial charge on any atom is -0.411 e. The predicted molar refractivity (Wildman–Crippen MR) is 147 cm³/mol. The molecule has 1 aliphatic carbocycles. The molecule has 0 aromatic heterocycles. The summed E-state index contributed by atoms with van der Waals surface area (Å²) < 4.78 is 24.0. The van der Waals surface area contributed by atoms with Crippen molar-refractivity contribution in [3.8, 4) is 11.1 Å². The lowest BCUT2D eigenvalue weighted by Gasteiger charge is -2.32. The molecule has 0 radical (unpaired) electrons. The maximum atomic E-state index is 13.1. The molecule has 3 rings (SSSR count). The Morgan fingerprint density at radius 3 is 2.14 bits per heavy atom. The smallest absolute Gasteiger partial charge is 0.331 e. The Bertz CT molecular complexity index is 1220. The van der Waals surface area contributed by atoms with Crippen LogP contribution in [0.2, 0.25) is 0 Å². The first-order valence-electron chi connectivity index (χ1n) is 12.5. The van der Waals surface area contributed by atoms with Crippen molar-refractivity contribution in [3.05, 3.63) is 88.5 Å². The topological polar surface area (TPSA) is 111 Å². The number of benzene rings is 2. The summed E-state index contributed by atoms with van der Waals surface area (Å²) in [7, 11) is -3.46. The van der Waals surface area contributed by atoms with Gasteiger partial charge in [0.1, 0.15) is 0 Å². The molecule has 0 spiro atoms. The summed E-state index contributed by atoms with van der Waals surface area (Å²) in [4.78, 5) is 11.2. The predicted octanol–water partition coefficient (Wildman–Crippen LogP) is 7.63. The van der Waals surface area contributed by atoms with Gasteiger partial charge in [0.05, 0.1) is 30.0 Å². The standard InChI is InChI=1S/C28H35N2O6P/c1-5-14-28(15-6-2)25-19-21(9-11-23(25)24-12-10-22(30(32)33)20-26(24)28)27(29-31)13-18-37(34,35-16-7-3)36-17-8-4/h7-12,19-20,31H,3-6,13-18H2,1-2H3/b29-27+. The molecule has 9 heteroatoms. The molecule has 0 bridgehead atoms. The monoisotopic (exact) mass is 526 g/mol. The van der Waals surface area contributed by atoms with Crippen molar-refractivity contribution < 1.29 is 23.7 Å². The maximum Gasteiger partial charge on any atom is 0.331 e. The van der Waals surface area contributed by atoms with E-state index in [-0.39, 0.29) is 41.8 Å². The first-order chi connectivity index (χ1) is 17.8. The summed E-state index contributed by atoms with van der Waals surface area (Å²) in [6, 6.07) is 11.0. The number of nitrogens with zero attached hydrogens (tertiary/aromatic N) is 2. The fourth-order valence-corrected chi connectivity index (χ4v) is 6.77. The van der Waals surface area contributed by atoms with Crippen molar-refractivity contribution in [2.75, 3.05) is 19.4 Å². The van der Waals surface area contributed by atoms with Gasteiger partial charge in [-0.3, -0.25) is 14.7 Å². The van der Waals surface area contributed by atoms with Crippen LogP contribution in [0.15, 0.2) is 66.9 Å². The van der Waals surface area contributed by atoms with E-state index in [0.29, 0.717) is 11.3 Å². The Balaban J connectivity index is 2.03. The van der Waals surface area contributed by atoms with Gasteiger partial charge in [0, 0.05) is 24.0 Å². The quantitative estimate of drug-likeness (QED) is 0.0638. The molecule has 2 aromatic rings. The van der Waals surface area contributed by atoms with Crippen LogP contribution in [0.5, 0.6) is 0 Å². The van der Waals surface area contributed by atoms with Crippen molar-refractivity contribution in [3.63, 3.8) is 0 Å². The fraction of sp³-hybridized carbons (Fsp3) is 0.393. The lowest BCUT2D eigenvalue weighted by molar-refractivity contribution is -0.384. The van der Waals surface area contributed by atoms with Crippen LogP contribution in [-0.4, -0.2) is 35.2 Å². The largest absolute Gasteiger partial charge is 0.411 e. The van der Waals surface area contributed by atoms with Gasteiger partial charge in [-0.15, -0.1) is 13.2 Å². The number of hydrogen-bond donors (Lipinski definition) is 1. The van der Waals surface area contributed by atoms with Crippen molar-refractivity contribution in [1.82, 2.24) is 0 Å². The van der Waals surface area contributed by atoms with Gasteiger partial charge in [0.15, 0.2) is 0 Å². The number of nitro benzene ring substituents is 1. The molecule has 0 aliphatic heterocycles. The van der Waals surface area contributed by atoms with Gasteiger partial charge in [0.25, 0.3) is 5.69 Å². The zero-order valence-corrected chi connectivity index (χ0v) is 22.4. The Kier molecular flexibility index (Phi) is 9.60. The number of rotatable bonds is 15. The fourth-order valence-electron chi connectivity index (χ4n) is 5.29. The number of fused-ring (bicyclic) bond motifs is 3. The second-order valence-electron chi connectivity index (χ2n) is 9.13. The third-order valence-electron chi connectivity index (χ3n) is 6.76. The molecule has 0 fully saturated rings. The summed E-state index contributed by atoms with van der Waals surface area (Å²) in [6.07, 6.45) is 6.63. The number of non-ortho nitro benzene ring substituents is 1. The van der Waals surface area contributed by atoms with Crippen molar-refractivity contribution in [2.45, 2.75) is 51.4 Å². The van der Waals surface area contributed by atoms with Crippen molar-refractivity contribution in [2.24, 2.45) is 5.16 Å². The molecule has 1 aliphatic rings. The Hall–Kier alpha value is -3.06. The highest BCUT2D eigenvalue weighted by molar-refractivity contribution is 7.53. The molecular weight excluding hydrogens is 491 g/mol. The zero-order chi connectivity index (χ0) is 27.1. The van der Waals surface area contributed by atoms with Crippen LogP contribution in [0.3, 0.4) is 0 Å². The highest BCUT2D eigenvalue weighted by atomic mass is 31.2. The van der Waals surface area contributed by atoms with E-state index in [1.54, 1.807) is 12.1 Å². The summed E-state index contributed by atoms with van der Waals surface area (Å²) in [6.45, 7) is 11.5. The third kappa shape index (κ3) is 5.93. The highest BCUT2D eigenvalue weighted by Gasteiger charge is 2.43. The Morgan fingerprint density at radius 2 is 1.62 bits per heavy atom. The SMILES string of the molecule is C=CCOP(=O)(CC/C(=N\O)c1ccc2c(c1)C(CCC)(CCC)c1cc([N+](=O)[O-])ccc1-2)OCC=C. The van der Waals surface area contributed by atoms with Crippen LogP contribution < -0.4 is 0 Å². The molecule has 0 unspecified atom stereocenters. The lowest BCUT2D eigenvalue weighted by Crippen LogP contribution is -2.25. The summed E-state index contributed by atoms with van der Waals surface area (Å²) in [5.41, 5.74) is 4.82. The van der Waals surface area contributed by atoms with E-state index in [4.69, 9.17) is 9.05 Å². The summed E-state index contributed by atoms with van der Waals surface area (Å²) in [5, 5.41) is 25.0. The second-order valence-corrected chi connectivity index (χ2v) is 11.3. The van der Waals surface area contributed by atoms with Crippen LogP contribution in [0.1, 0.15) is 62.6 Å². The van der Waals surface area contributed by atoms with E-state index >= 15 is 0 Å². The normalized spacial score (nSPS) is 14.2. The van der Waals surface area contributed by atoms with Gasteiger partial charge in [-0.05, 0) is 52.8 Å².